The van der Waals surface area contributed by atoms with E-state index in [2.05, 4.69) is 12.6 Å². The second-order valence-electron chi connectivity index (χ2n) is 3.54. The molecule has 1 fully saturated rings. The molecule has 1 rings (SSSR count). The lowest BCUT2D eigenvalue weighted by atomic mass is 10.2. The van der Waals surface area contributed by atoms with Crippen LogP contribution < -0.4 is 0 Å². The highest BCUT2D eigenvalue weighted by Gasteiger charge is 2.32. The number of amides is 1. The number of sulfone groups is 1. The van der Waals surface area contributed by atoms with E-state index in [1.165, 1.54) is 0 Å². The van der Waals surface area contributed by atoms with Crippen LogP contribution in [-0.2, 0) is 14.6 Å². The van der Waals surface area contributed by atoms with Crippen LogP contribution in [0.5, 0.6) is 0 Å². The van der Waals surface area contributed by atoms with Gasteiger partial charge in [0, 0.05) is 19.5 Å². The molecule has 1 heterocycles. The van der Waals surface area contributed by atoms with Crippen LogP contribution in [0.1, 0.15) is 12.8 Å². The Balaban J connectivity index is 2.55. The van der Waals surface area contributed by atoms with Gasteiger partial charge in [-0.2, -0.15) is 12.6 Å². The van der Waals surface area contributed by atoms with E-state index < -0.39 is 9.84 Å². The molecule has 6 heteroatoms. The van der Waals surface area contributed by atoms with Crippen molar-refractivity contribution in [2.24, 2.45) is 0 Å². The average molecular weight is 237 g/mol. The fourth-order valence-corrected chi connectivity index (χ4v) is 3.52. The smallest absolute Gasteiger partial charge is 0.223 e. The molecule has 0 aliphatic carbocycles. The average Bonchev–Trinajstić information content (AvgIpc) is 2.45. The lowest BCUT2D eigenvalue weighted by molar-refractivity contribution is -0.131. The van der Waals surface area contributed by atoms with Crippen LogP contribution in [0.4, 0.5) is 0 Å². The molecule has 4 nitrogen and oxygen atoms in total. The summed E-state index contributed by atoms with van der Waals surface area (Å²) in [6, 6.07) is -0.132. The summed E-state index contributed by atoms with van der Waals surface area (Å²) >= 11 is 3.97. The molecule has 0 aromatic heterocycles. The highest BCUT2D eigenvalue weighted by Crippen LogP contribution is 2.17. The molecule has 0 aromatic rings. The van der Waals surface area contributed by atoms with E-state index in [0.29, 0.717) is 18.6 Å². The molecule has 0 radical (unpaired) electrons. The molecule has 0 aromatic carbocycles. The van der Waals surface area contributed by atoms with E-state index >= 15 is 0 Å². The first-order chi connectivity index (χ1) is 6.46. The highest BCUT2D eigenvalue weighted by atomic mass is 32.2. The quantitative estimate of drug-likeness (QED) is 0.700. The topological polar surface area (TPSA) is 54.5 Å². The first-order valence-electron chi connectivity index (χ1n) is 4.53. The minimum absolute atomic E-state index is 0.0258. The Labute approximate surface area is 90.0 Å². The van der Waals surface area contributed by atoms with Gasteiger partial charge in [-0.3, -0.25) is 4.79 Å². The normalized spacial score (nSPS) is 24.9. The fourth-order valence-electron chi connectivity index (χ4n) is 1.56. The predicted octanol–water partition coefficient (Wildman–Crippen LogP) is -0.0482. The van der Waals surface area contributed by atoms with Crippen LogP contribution in [0.25, 0.3) is 0 Å². The van der Waals surface area contributed by atoms with E-state index in [9.17, 15) is 13.2 Å². The van der Waals surface area contributed by atoms with Crippen LogP contribution in [0.2, 0.25) is 0 Å². The van der Waals surface area contributed by atoms with E-state index in [0.717, 1.165) is 0 Å². The maximum Gasteiger partial charge on any atom is 0.223 e. The molecule has 0 bridgehead atoms. The van der Waals surface area contributed by atoms with E-state index in [1.807, 2.05) is 0 Å². The first kappa shape index (κ1) is 11.8. The molecule has 1 aliphatic rings. The Morgan fingerprint density at radius 2 is 2.21 bits per heavy atom. The summed E-state index contributed by atoms with van der Waals surface area (Å²) < 4.78 is 22.3. The number of carbonyl (C=O) groups excluding carboxylic acids is 1. The van der Waals surface area contributed by atoms with Crippen molar-refractivity contribution in [1.82, 2.24) is 4.90 Å². The van der Waals surface area contributed by atoms with Crippen molar-refractivity contribution in [3.8, 4) is 0 Å². The van der Waals surface area contributed by atoms with Gasteiger partial charge < -0.3 is 4.90 Å². The highest BCUT2D eigenvalue weighted by molar-refractivity contribution is 7.91. The summed E-state index contributed by atoms with van der Waals surface area (Å²) in [6.07, 6.45) is 0.938. The van der Waals surface area contributed by atoms with Crippen LogP contribution >= 0.6 is 12.6 Å². The number of hydrogen-bond acceptors (Lipinski definition) is 4. The molecule has 1 amide bonds. The maximum atomic E-state index is 11.4. The number of carbonyl (C=O) groups is 1. The molecule has 1 aliphatic heterocycles. The molecule has 0 saturated carbocycles. The molecular weight excluding hydrogens is 222 g/mol. The Hall–Kier alpha value is -0.230. The lowest BCUT2D eigenvalue weighted by Gasteiger charge is -2.22. The van der Waals surface area contributed by atoms with Gasteiger partial charge in [-0.05, 0) is 12.2 Å². The zero-order valence-corrected chi connectivity index (χ0v) is 9.85. The number of hydrogen-bond donors (Lipinski definition) is 1. The summed E-state index contributed by atoms with van der Waals surface area (Å²) in [5.41, 5.74) is 0. The molecule has 1 unspecified atom stereocenters. The van der Waals surface area contributed by atoms with Crippen molar-refractivity contribution >= 4 is 28.4 Å². The fraction of sp³-hybridized carbons (Fsp3) is 0.875. The largest absolute Gasteiger partial charge is 0.342 e. The molecular formula is C8H15NO3S2. The molecule has 0 spiro atoms. The second-order valence-corrected chi connectivity index (χ2v) is 6.21. The minimum Gasteiger partial charge on any atom is -0.342 e. The number of nitrogens with zero attached hydrogens (tertiary/aromatic N) is 1. The van der Waals surface area contributed by atoms with Gasteiger partial charge in [0.05, 0.1) is 11.5 Å². The van der Waals surface area contributed by atoms with Crippen LogP contribution in [0.15, 0.2) is 0 Å². The summed E-state index contributed by atoms with van der Waals surface area (Å²) in [4.78, 5) is 13.0. The third-order valence-corrected chi connectivity index (χ3v) is 4.45. The summed E-state index contributed by atoms with van der Waals surface area (Å²) in [6.45, 7) is 0. The zero-order valence-electron chi connectivity index (χ0n) is 8.14. The van der Waals surface area contributed by atoms with Crippen LogP contribution in [0, 0.1) is 0 Å². The molecule has 14 heavy (non-hydrogen) atoms. The molecule has 1 saturated heterocycles. The standard InChI is InChI=1S/C8H15NO3S2/c1-9(8(10)2-4-13)7-3-5-14(11,12)6-7/h7,13H,2-6H2,1H3. The van der Waals surface area contributed by atoms with Crippen molar-refractivity contribution in [2.75, 3.05) is 24.3 Å². The Bertz CT molecular complexity index is 313. The lowest BCUT2D eigenvalue weighted by Crippen LogP contribution is -2.37. The van der Waals surface area contributed by atoms with Gasteiger partial charge in [0.25, 0.3) is 0 Å². The van der Waals surface area contributed by atoms with Gasteiger partial charge >= 0.3 is 0 Å². The van der Waals surface area contributed by atoms with Gasteiger partial charge in [-0.25, -0.2) is 8.42 Å². The first-order valence-corrected chi connectivity index (χ1v) is 6.98. The van der Waals surface area contributed by atoms with Crippen molar-refractivity contribution in [3.05, 3.63) is 0 Å². The predicted molar refractivity (Wildman–Crippen MR) is 58.3 cm³/mol. The Morgan fingerprint density at radius 3 is 2.64 bits per heavy atom. The van der Waals surface area contributed by atoms with Gasteiger partial charge in [0.15, 0.2) is 9.84 Å². The van der Waals surface area contributed by atoms with Crippen LogP contribution in [-0.4, -0.2) is 49.6 Å². The van der Waals surface area contributed by atoms with E-state index in [4.69, 9.17) is 0 Å². The van der Waals surface area contributed by atoms with Gasteiger partial charge in [0.1, 0.15) is 0 Å². The summed E-state index contributed by atoms with van der Waals surface area (Å²) in [5, 5.41) is 0. The number of thiol groups is 1. The molecule has 82 valence electrons. The van der Waals surface area contributed by atoms with Crippen molar-refractivity contribution in [1.29, 1.82) is 0 Å². The third kappa shape index (κ3) is 2.88. The van der Waals surface area contributed by atoms with Crippen LogP contribution in [0.3, 0.4) is 0 Å². The van der Waals surface area contributed by atoms with Gasteiger partial charge in [-0.15, -0.1) is 0 Å². The Kier molecular flexibility index (Phi) is 3.83. The van der Waals surface area contributed by atoms with Crippen molar-refractivity contribution < 1.29 is 13.2 Å². The number of rotatable bonds is 3. The van der Waals surface area contributed by atoms with Gasteiger partial charge in [-0.1, -0.05) is 0 Å². The summed E-state index contributed by atoms with van der Waals surface area (Å²) in [7, 11) is -1.24. The SMILES string of the molecule is CN(C(=O)CCS)C1CCS(=O)(=O)C1. The van der Waals surface area contributed by atoms with E-state index in [-0.39, 0.29) is 23.5 Å². The summed E-state index contributed by atoms with van der Waals surface area (Å²) in [5.74, 6) is 0.794. The Morgan fingerprint density at radius 1 is 1.57 bits per heavy atom. The monoisotopic (exact) mass is 237 g/mol. The zero-order chi connectivity index (χ0) is 10.8. The van der Waals surface area contributed by atoms with Crippen molar-refractivity contribution in [3.63, 3.8) is 0 Å². The third-order valence-electron chi connectivity index (χ3n) is 2.48. The van der Waals surface area contributed by atoms with Crippen molar-refractivity contribution in [2.45, 2.75) is 18.9 Å². The minimum atomic E-state index is -2.90. The second kappa shape index (κ2) is 4.53. The maximum absolute atomic E-state index is 11.4. The molecule has 0 N–H and O–H groups in total. The molecule has 1 atom stereocenters. The van der Waals surface area contributed by atoms with E-state index in [1.54, 1.807) is 11.9 Å². The van der Waals surface area contributed by atoms with Gasteiger partial charge in [0.2, 0.25) is 5.91 Å².